The molecule has 0 aromatic rings. The molecular weight excluding hydrogens is 196 g/mol. The summed E-state index contributed by atoms with van der Waals surface area (Å²) in [7, 11) is 0. The lowest BCUT2D eigenvalue weighted by Crippen LogP contribution is -2.44. The van der Waals surface area contributed by atoms with E-state index in [0.29, 0.717) is 19.5 Å². The second-order valence-corrected chi connectivity index (χ2v) is 4.16. The second kappa shape index (κ2) is 3.90. The van der Waals surface area contributed by atoms with E-state index in [1.807, 2.05) is 6.92 Å². The molecular formula is C10H16N2O3. The lowest BCUT2D eigenvalue weighted by molar-refractivity contribution is -0.144. The van der Waals surface area contributed by atoms with E-state index in [9.17, 15) is 9.59 Å². The molecule has 2 amide bonds. The average Bonchev–Trinajstić information content (AvgIpc) is 2.79. The van der Waals surface area contributed by atoms with Crippen LogP contribution in [0.15, 0.2) is 0 Å². The van der Waals surface area contributed by atoms with Gasteiger partial charge in [0.25, 0.3) is 0 Å². The van der Waals surface area contributed by atoms with Gasteiger partial charge in [0.2, 0.25) is 11.8 Å². The molecule has 3 atom stereocenters. The molecule has 0 aromatic carbocycles. The number of amides is 2. The van der Waals surface area contributed by atoms with Crippen LogP contribution in [0.2, 0.25) is 0 Å². The van der Waals surface area contributed by atoms with Crippen molar-refractivity contribution in [3.8, 4) is 0 Å². The summed E-state index contributed by atoms with van der Waals surface area (Å²) >= 11 is 0. The van der Waals surface area contributed by atoms with Crippen molar-refractivity contribution >= 4 is 11.8 Å². The maximum atomic E-state index is 11.9. The zero-order valence-electron chi connectivity index (χ0n) is 8.77. The standard InChI is InChI=1S/C10H16N2O3/c1-2-6(5-13)12-9(14)7-3-11-4-8(7)10(12)15/h6-8,11,13H,2-5H2,1H3/t6?,7-,8+. The van der Waals surface area contributed by atoms with Crippen molar-refractivity contribution < 1.29 is 14.7 Å². The van der Waals surface area contributed by atoms with E-state index in [1.54, 1.807) is 0 Å². The van der Waals surface area contributed by atoms with Crippen LogP contribution in [0, 0.1) is 11.8 Å². The van der Waals surface area contributed by atoms with E-state index in [2.05, 4.69) is 5.32 Å². The lowest BCUT2D eigenvalue weighted by Gasteiger charge is -2.24. The normalized spacial score (nSPS) is 32.3. The van der Waals surface area contributed by atoms with Crippen LogP contribution >= 0.6 is 0 Å². The van der Waals surface area contributed by atoms with Crippen molar-refractivity contribution in [1.29, 1.82) is 0 Å². The van der Waals surface area contributed by atoms with E-state index in [1.165, 1.54) is 4.90 Å². The van der Waals surface area contributed by atoms with Crippen LogP contribution in [0.3, 0.4) is 0 Å². The molecule has 2 fully saturated rings. The summed E-state index contributed by atoms with van der Waals surface area (Å²) in [5, 5.41) is 12.2. The highest BCUT2D eigenvalue weighted by Crippen LogP contribution is 2.30. The van der Waals surface area contributed by atoms with Gasteiger partial charge in [0.1, 0.15) is 0 Å². The number of imide groups is 1. The van der Waals surface area contributed by atoms with E-state index in [-0.39, 0.29) is 36.3 Å². The number of hydrogen-bond donors (Lipinski definition) is 2. The number of aliphatic hydroxyl groups is 1. The highest BCUT2D eigenvalue weighted by molar-refractivity contribution is 6.06. The Kier molecular flexibility index (Phi) is 2.75. The van der Waals surface area contributed by atoms with Gasteiger partial charge >= 0.3 is 0 Å². The monoisotopic (exact) mass is 212 g/mol. The molecule has 5 heteroatoms. The van der Waals surface area contributed by atoms with Crippen LogP contribution in [0.4, 0.5) is 0 Å². The summed E-state index contributed by atoms with van der Waals surface area (Å²) in [6.07, 6.45) is 0.612. The van der Waals surface area contributed by atoms with Crippen molar-refractivity contribution in [3.63, 3.8) is 0 Å². The highest BCUT2D eigenvalue weighted by atomic mass is 16.3. The number of nitrogens with zero attached hydrogens (tertiary/aromatic N) is 1. The molecule has 15 heavy (non-hydrogen) atoms. The van der Waals surface area contributed by atoms with Crippen molar-refractivity contribution in [2.24, 2.45) is 11.8 Å². The Hall–Kier alpha value is -0.940. The van der Waals surface area contributed by atoms with Gasteiger partial charge in [-0.15, -0.1) is 0 Å². The quantitative estimate of drug-likeness (QED) is 0.586. The lowest BCUT2D eigenvalue weighted by atomic mass is 10.00. The average molecular weight is 212 g/mol. The Morgan fingerprint density at radius 2 is 1.93 bits per heavy atom. The predicted molar refractivity (Wildman–Crippen MR) is 52.9 cm³/mol. The zero-order chi connectivity index (χ0) is 11.0. The zero-order valence-corrected chi connectivity index (χ0v) is 8.77. The SMILES string of the molecule is CCC(CO)N1C(=O)[C@H]2CNC[C@H]2C1=O. The molecule has 0 bridgehead atoms. The number of likely N-dealkylation sites (tertiary alicyclic amines) is 1. The van der Waals surface area contributed by atoms with Gasteiger partial charge in [-0.25, -0.2) is 0 Å². The molecule has 0 aliphatic carbocycles. The van der Waals surface area contributed by atoms with Gasteiger partial charge in [-0.3, -0.25) is 14.5 Å². The Morgan fingerprint density at radius 3 is 2.33 bits per heavy atom. The smallest absolute Gasteiger partial charge is 0.234 e. The third kappa shape index (κ3) is 1.46. The van der Waals surface area contributed by atoms with Crippen molar-refractivity contribution in [3.05, 3.63) is 0 Å². The van der Waals surface area contributed by atoms with Crippen molar-refractivity contribution in [2.75, 3.05) is 19.7 Å². The summed E-state index contributed by atoms with van der Waals surface area (Å²) in [4.78, 5) is 25.1. The molecule has 0 radical (unpaired) electrons. The fourth-order valence-electron chi connectivity index (χ4n) is 2.42. The van der Waals surface area contributed by atoms with E-state index in [4.69, 9.17) is 5.11 Å². The third-order valence-corrected chi connectivity index (χ3v) is 3.37. The number of fused-ring (bicyclic) bond motifs is 1. The molecule has 2 aliphatic rings. The van der Waals surface area contributed by atoms with E-state index in [0.717, 1.165) is 0 Å². The van der Waals surface area contributed by atoms with Gasteiger partial charge in [-0.2, -0.15) is 0 Å². The fraction of sp³-hybridized carbons (Fsp3) is 0.800. The Bertz CT molecular complexity index is 266. The van der Waals surface area contributed by atoms with Gasteiger partial charge in [0.05, 0.1) is 24.5 Å². The largest absolute Gasteiger partial charge is 0.394 e. The number of nitrogens with one attached hydrogen (secondary N) is 1. The Morgan fingerprint density at radius 1 is 1.40 bits per heavy atom. The molecule has 0 saturated carbocycles. The van der Waals surface area contributed by atoms with Crippen LogP contribution < -0.4 is 5.32 Å². The number of aliphatic hydroxyl groups excluding tert-OH is 1. The van der Waals surface area contributed by atoms with E-state index < -0.39 is 0 Å². The summed E-state index contributed by atoms with van der Waals surface area (Å²) in [6.45, 7) is 2.91. The first-order valence-corrected chi connectivity index (χ1v) is 5.39. The Balaban J connectivity index is 2.20. The van der Waals surface area contributed by atoms with Crippen LogP contribution in [0.1, 0.15) is 13.3 Å². The topological polar surface area (TPSA) is 69.6 Å². The summed E-state index contributed by atoms with van der Waals surface area (Å²) in [5.41, 5.74) is 0. The predicted octanol–water partition coefficient (Wildman–Crippen LogP) is -1.04. The Labute approximate surface area is 88.4 Å². The number of carbonyl (C=O) groups is 2. The maximum Gasteiger partial charge on any atom is 0.234 e. The minimum Gasteiger partial charge on any atom is -0.394 e. The first kappa shape index (κ1) is 10.6. The minimum absolute atomic E-state index is 0.115. The van der Waals surface area contributed by atoms with Crippen LogP contribution in [-0.4, -0.2) is 47.6 Å². The third-order valence-electron chi connectivity index (χ3n) is 3.37. The van der Waals surface area contributed by atoms with Gasteiger partial charge in [-0.05, 0) is 6.42 Å². The molecule has 2 rings (SSSR count). The first-order valence-electron chi connectivity index (χ1n) is 5.39. The van der Waals surface area contributed by atoms with Crippen molar-refractivity contribution in [1.82, 2.24) is 10.2 Å². The molecule has 84 valence electrons. The van der Waals surface area contributed by atoms with Gasteiger partial charge < -0.3 is 10.4 Å². The summed E-state index contributed by atoms with van der Waals surface area (Å²) in [6, 6.07) is -0.337. The van der Waals surface area contributed by atoms with E-state index >= 15 is 0 Å². The molecule has 1 unspecified atom stereocenters. The fourth-order valence-corrected chi connectivity index (χ4v) is 2.42. The second-order valence-electron chi connectivity index (χ2n) is 4.16. The molecule has 5 nitrogen and oxygen atoms in total. The number of carbonyl (C=O) groups excluding carboxylic acids is 2. The van der Waals surface area contributed by atoms with Crippen LogP contribution in [0.5, 0.6) is 0 Å². The number of rotatable bonds is 3. The molecule has 0 aromatic heterocycles. The minimum atomic E-state index is -0.337. The molecule has 2 saturated heterocycles. The highest BCUT2D eigenvalue weighted by Gasteiger charge is 2.51. The van der Waals surface area contributed by atoms with Gasteiger partial charge in [-0.1, -0.05) is 6.92 Å². The number of hydrogen-bond acceptors (Lipinski definition) is 4. The molecule has 2 heterocycles. The van der Waals surface area contributed by atoms with Crippen LogP contribution in [-0.2, 0) is 9.59 Å². The summed E-state index contributed by atoms with van der Waals surface area (Å²) < 4.78 is 0. The van der Waals surface area contributed by atoms with Crippen LogP contribution in [0.25, 0.3) is 0 Å². The first-order chi connectivity index (χ1) is 7.20. The molecule has 0 spiro atoms. The van der Waals surface area contributed by atoms with Crippen molar-refractivity contribution in [2.45, 2.75) is 19.4 Å². The molecule has 2 N–H and O–H groups in total. The molecule has 2 aliphatic heterocycles. The summed E-state index contributed by atoms with van der Waals surface area (Å²) in [5.74, 6) is -0.622. The van der Waals surface area contributed by atoms with Gasteiger partial charge in [0.15, 0.2) is 0 Å². The maximum absolute atomic E-state index is 11.9. The van der Waals surface area contributed by atoms with Gasteiger partial charge in [0, 0.05) is 13.1 Å².